The second-order valence-corrected chi connectivity index (χ2v) is 7.80. The van der Waals surface area contributed by atoms with Gasteiger partial charge < -0.3 is 10.1 Å². The molecule has 0 bridgehead atoms. The summed E-state index contributed by atoms with van der Waals surface area (Å²) < 4.78 is 7.43. The van der Waals surface area contributed by atoms with Gasteiger partial charge >= 0.3 is 0 Å². The Kier molecular flexibility index (Phi) is 3.76. The molecular weight excluding hydrogens is 336 g/mol. The van der Waals surface area contributed by atoms with Gasteiger partial charge in [-0.1, -0.05) is 36.5 Å². The fourth-order valence-electron chi connectivity index (χ4n) is 3.18. The lowest BCUT2D eigenvalue weighted by Gasteiger charge is -2.37. The van der Waals surface area contributed by atoms with Crippen LogP contribution in [-0.4, -0.2) is 20.2 Å². The van der Waals surface area contributed by atoms with Crippen LogP contribution < -0.4 is 15.6 Å². The van der Waals surface area contributed by atoms with Gasteiger partial charge in [0.2, 0.25) is 10.1 Å². The van der Waals surface area contributed by atoms with Crippen LogP contribution in [0.3, 0.4) is 0 Å². The number of fused-ring (bicyclic) bond motifs is 2. The number of benzene rings is 1. The summed E-state index contributed by atoms with van der Waals surface area (Å²) in [5, 5.41) is 8.58. The van der Waals surface area contributed by atoms with Crippen LogP contribution in [0.1, 0.15) is 44.5 Å². The molecular formula is C18H20N4O2S. The van der Waals surface area contributed by atoms with Crippen molar-refractivity contribution in [1.29, 1.82) is 0 Å². The van der Waals surface area contributed by atoms with Crippen LogP contribution in [0, 0.1) is 0 Å². The molecule has 3 heterocycles. The number of aromatic nitrogens is 3. The molecule has 1 aliphatic rings. The largest absolute Gasteiger partial charge is 0.487 e. The van der Waals surface area contributed by atoms with E-state index in [2.05, 4.69) is 35.3 Å². The van der Waals surface area contributed by atoms with Crippen molar-refractivity contribution in [2.75, 3.05) is 5.32 Å². The van der Waals surface area contributed by atoms with Crippen molar-refractivity contribution in [3.8, 4) is 5.75 Å². The van der Waals surface area contributed by atoms with Gasteiger partial charge in [0.25, 0.3) is 5.56 Å². The van der Waals surface area contributed by atoms with Gasteiger partial charge in [-0.05, 0) is 26.3 Å². The molecule has 0 saturated carbocycles. The lowest BCUT2D eigenvalue weighted by molar-refractivity contribution is 0.0759. The quantitative estimate of drug-likeness (QED) is 0.779. The topological polar surface area (TPSA) is 68.5 Å². The lowest BCUT2D eigenvalue weighted by atomic mass is 9.90. The third-order valence-electron chi connectivity index (χ3n) is 4.33. The molecule has 3 aromatic rings. The molecule has 1 aromatic carbocycles. The summed E-state index contributed by atoms with van der Waals surface area (Å²) in [7, 11) is 0. The molecule has 1 atom stereocenters. The van der Waals surface area contributed by atoms with Crippen LogP contribution in [0.2, 0.25) is 0 Å². The Morgan fingerprint density at radius 2 is 2.20 bits per heavy atom. The fourth-order valence-corrected chi connectivity index (χ4v) is 4.05. The van der Waals surface area contributed by atoms with Gasteiger partial charge in [0.1, 0.15) is 11.4 Å². The molecule has 0 fully saturated rings. The lowest BCUT2D eigenvalue weighted by Crippen LogP contribution is -2.37. The molecule has 1 N–H and O–H groups in total. The van der Waals surface area contributed by atoms with Crippen molar-refractivity contribution in [3.63, 3.8) is 0 Å². The number of para-hydroxylation sites is 1. The number of hydrogen-bond donors (Lipinski definition) is 1. The van der Waals surface area contributed by atoms with Gasteiger partial charge in [0, 0.05) is 23.7 Å². The molecule has 0 radical (unpaired) electrons. The molecule has 1 aliphatic heterocycles. The van der Waals surface area contributed by atoms with E-state index >= 15 is 0 Å². The van der Waals surface area contributed by atoms with Crippen LogP contribution in [0.5, 0.6) is 5.75 Å². The second-order valence-electron chi connectivity index (χ2n) is 6.84. The van der Waals surface area contributed by atoms with Crippen LogP contribution in [0.25, 0.3) is 4.96 Å². The van der Waals surface area contributed by atoms with Gasteiger partial charge in [0.15, 0.2) is 0 Å². The van der Waals surface area contributed by atoms with Gasteiger partial charge in [-0.15, -0.1) is 5.10 Å². The molecule has 0 aliphatic carbocycles. The highest BCUT2D eigenvalue weighted by Gasteiger charge is 2.34. The number of nitrogens with one attached hydrogen (secondary N) is 1. The minimum absolute atomic E-state index is 0.0712. The van der Waals surface area contributed by atoms with Crippen LogP contribution >= 0.6 is 11.3 Å². The predicted molar refractivity (Wildman–Crippen MR) is 98.6 cm³/mol. The number of nitrogens with zero attached hydrogens (tertiary/aromatic N) is 3. The van der Waals surface area contributed by atoms with Gasteiger partial charge in [0.05, 0.1) is 6.04 Å². The maximum Gasteiger partial charge on any atom is 0.275 e. The predicted octanol–water partition coefficient (Wildman–Crippen LogP) is 3.43. The van der Waals surface area contributed by atoms with Gasteiger partial charge in [-0.25, -0.2) is 4.98 Å². The van der Waals surface area contributed by atoms with Crippen molar-refractivity contribution in [2.45, 2.75) is 45.3 Å². The zero-order valence-electron chi connectivity index (χ0n) is 14.4. The molecule has 7 heteroatoms. The number of ether oxygens (including phenoxy) is 1. The Hall–Kier alpha value is -2.41. The van der Waals surface area contributed by atoms with E-state index in [0.29, 0.717) is 10.1 Å². The fraction of sp³-hybridized carbons (Fsp3) is 0.389. The summed E-state index contributed by atoms with van der Waals surface area (Å²) in [4.78, 5) is 17.3. The van der Waals surface area contributed by atoms with E-state index in [1.165, 1.54) is 15.9 Å². The monoisotopic (exact) mass is 356 g/mol. The first-order chi connectivity index (χ1) is 11.9. The number of hydrogen-bond acceptors (Lipinski definition) is 6. The van der Waals surface area contributed by atoms with E-state index in [4.69, 9.17) is 4.74 Å². The first-order valence-electron chi connectivity index (χ1n) is 8.39. The molecule has 4 rings (SSSR count). The zero-order chi connectivity index (χ0) is 17.6. The first kappa shape index (κ1) is 16.1. The Labute approximate surface area is 149 Å². The second kappa shape index (κ2) is 5.84. The smallest absolute Gasteiger partial charge is 0.275 e. The summed E-state index contributed by atoms with van der Waals surface area (Å²) in [5.74, 6) is 0.890. The third kappa shape index (κ3) is 3.00. The van der Waals surface area contributed by atoms with Crippen molar-refractivity contribution < 1.29 is 4.74 Å². The molecule has 0 saturated heterocycles. The van der Waals surface area contributed by atoms with Crippen LogP contribution in [0.4, 0.5) is 5.13 Å². The number of rotatable bonds is 3. The van der Waals surface area contributed by atoms with Crippen molar-refractivity contribution in [1.82, 2.24) is 14.6 Å². The molecule has 0 spiro atoms. The summed E-state index contributed by atoms with van der Waals surface area (Å²) in [6.07, 6.45) is 1.54. The highest BCUT2D eigenvalue weighted by Crippen LogP contribution is 2.41. The van der Waals surface area contributed by atoms with E-state index in [1.807, 2.05) is 25.1 Å². The maximum atomic E-state index is 12.2. The van der Waals surface area contributed by atoms with E-state index in [1.54, 1.807) is 6.07 Å². The minimum Gasteiger partial charge on any atom is -0.487 e. The minimum atomic E-state index is -0.271. The Morgan fingerprint density at radius 3 is 3.00 bits per heavy atom. The first-order valence-corrected chi connectivity index (χ1v) is 9.21. The SMILES string of the molecule is CCc1cc(=O)n2nc(NC3CC(C)(C)Oc4ccccc43)sc2n1. The van der Waals surface area contributed by atoms with Crippen molar-refractivity contribution in [2.24, 2.45) is 0 Å². The number of aryl methyl sites for hydroxylation is 1. The van der Waals surface area contributed by atoms with E-state index in [-0.39, 0.29) is 17.2 Å². The average Bonchev–Trinajstić information content (AvgIpc) is 2.96. The third-order valence-corrected chi connectivity index (χ3v) is 5.17. The summed E-state index contributed by atoms with van der Waals surface area (Å²) in [6, 6.07) is 9.65. The maximum absolute atomic E-state index is 12.2. The normalized spacial score (nSPS) is 18.6. The summed E-state index contributed by atoms with van der Waals surface area (Å²) in [6.45, 7) is 6.14. The molecule has 130 valence electrons. The molecule has 1 unspecified atom stereocenters. The van der Waals surface area contributed by atoms with Gasteiger partial charge in [-0.3, -0.25) is 4.79 Å². The Morgan fingerprint density at radius 1 is 1.40 bits per heavy atom. The standard InChI is InChI=1S/C18H20N4O2S/c1-4-11-9-15(23)22-17(19-11)25-16(21-22)20-13-10-18(2,3)24-14-8-6-5-7-12(13)14/h5-9,13H,4,10H2,1-3H3,(H,20,21). The van der Waals surface area contributed by atoms with Crippen molar-refractivity contribution in [3.05, 3.63) is 51.9 Å². The highest BCUT2D eigenvalue weighted by atomic mass is 32.1. The van der Waals surface area contributed by atoms with E-state index < -0.39 is 0 Å². The van der Waals surface area contributed by atoms with Crippen LogP contribution in [-0.2, 0) is 6.42 Å². The molecule has 2 aromatic heterocycles. The summed E-state index contributed by atoms with van der Waals surface area (Å²) >= 11 is 1.40. The van der Waals surface area contributed by atoms with E-state index in [9.17, 15) is 4.79 Å². The van der Waals surface area contributed by atoms with E-state index in [0.717, 1.165) is 29.8 Å². The summed E-state index contributed by atoms with van der Waals surface area (Å²) in [5.41, 5.74) is 1.49. The average molecular weight is 356 g/mol. The number of anilines is 1. The Balaban J connectivity index is 1.71. The van der Waals surface area contributed by atoms with Crippen molar-refractivity contribution >= 4 is 21.4 Å². The highest BCUT2D eigenvalue weighted by molar-refractivity contribution is 7.20. The zero-order valence-corrected chi connectivity index (χ0v) is 15.3. The molecule has 6 nitrogen and oxygen atoms in total. The molecule has 0 amide bonds. The van der Waals surface area contributed by atoms with Gasteiger partial charge in [-0.2, -0.15) is 4.52 Å². The Bertz CT molecular complexity index is 992. The van der Waals surface area contributed by atoms with Crippen LogP contribution in [0.15, 0.2) is 35.1 Å². The molecule has 25 heavy (non-hydrogen) atoms.